The number of piperidine rings is 1. The number of pyridine rings is 1. The van der Waals surface area contributed by atoms with E-state index in [1.807, 2.05) is 37.8 Å². The number of hydrogen-bond acceptors (Lipinski definition) is 6. The first-order chi connectivity index (χ1) is 12.4. The van der Waals surface area contributed by atoms with E-state index < -0.39 is 0 Å². The lowest BCUT2D eigenvalue weighted by Crippen LogP contribution is -2.45. The summed E-state index contributed by atoms with van der Waals surface area (Å²) in [6, 6.07) is 3.75. The minimum Gasteiger partial charge on any atom is -0.466 e. The molecular weight excluding hydrogens is 332 g/mol. The molecule has 7 nitrogen and oxygen atoms in total. The molecular formula is C19H22N4O3. The maximum Gasteiger partial charge on any atom is 0.259 e. The van der Waals surface area contributed by atoms with Crippen LogP contribution in [0.25, 0.3) is 22.4 Å². The SMILES string of the molecule is Cc1cc(-c2cc(C(=O)N3CCCC(N)C3)c3c(C)noc3n2)c(C)o1. The molecule has 3 aromatic rings. The van der Waals surface area contributed by atoms with Gasteiger partial charge in [0.15, 0.2) is 0 Å². The van der Waals surface area contributed by atoms with Gasteiger partial charge in [0, 0.05) is 24.7 Å². The zero-order valence-electron chi connectivity index (χ0n) is 15.2. The van der Waals surface area contributed by atoms with Crippen LogP contribution in [0.3, 0.4) is 0 Å². The van der Waals surface area contributed by atoms with E-state index in [0.29, 0.717) is 41.1 Å². The third-order valence-electron chi connectivity index (χ3n) is 4.91. The average molecular weight is 354 g/mol. The van der Waals surface area contributed by atoms with E-state index in [1.165, 1.54) is 0 Å². The highest BCUT2D eigenvalue weighted by Gasteiger charge is 2.27. The van der Waals surface area contributed by atoms with Gasteiger partial charge in [0.2, 0.25) is 0 Å². The largest absolute Gasteiger partial charge is 0.466 e. The summed E-state index contributed by atoms with van der Waals surface area (Å²) in [7, 11) is 0. The fraction of sp³-hybridized carbons (Fsp3) is 0.421. The Hall–Kier alpha value is -2.67. The number of nitrogens with two attached hydrogens (primary N) is 1. The molecule has 1 aliphatic heterocycles. The fourth-order valence-corrected chi connectivity index (χ4v) is 3.65. The van der Waals surface area contributed by atoms with Crippen LogP contribution >= 0.6 is 0 Å². The minimum atomic E-state index is -0.0574. The van der Waals surface area contributed by atoms with Crippen LogP contribution in [0.4, 0.5) is 0 Å². The number of likely N-dealkylation sites (tertiary alicyclic amines) is 1. The van der Waals surface area contributed by atoms with Gasteiger partial charge in [-0.2, -0.15) is 0 Å². The van der Waals surface area contributed by atoms with Crippen molar-refractivity contribution in [2.45, 2.75) is 39.7 Å². The number of furan rings is 1. The van der Waals surface area contributed by atoms with E-state index >= 15 is 0 Å². The van der Waals surface area contributed by atoms with Crippen LogP contribution in [-0.4, -0.2) is 40.1 Å². The maximum absolute atomic E-state index is 13.2. The number of aromatic nitrogens is 2. The van der Waals surface area contributed by atoms with E-state index in [2.05, 4.69) is 10.1 Å². The van der Waals surface area contributed by atoms with Crippen molar-refractivity contribution in [2.75, 3.05) is 13.1 Å². The standard InChI is InChI=1S/C19H22N4O3/c1-10-7-14(12(3)25-10)16-8-15(17-11(2)22-26-18(17)21-16)19(24)23-6-4-5-13(20)9-23/h7-8,13H,4-6,9,20H2,1-3H3. The highest BCUT2D eigenvalue weighted by molar-refractivity contribution is 6.07. The highest BCUT2D eigenvalue weighted by Crippen LogP contribution is 2.31. The summed E-state index contributed by atoms with van der Waals surface area (Å²) in [6.07, 6.45) is 1.86. The van der Waals surface area contributed by atoms with Gasteiger partial charge in [-0.15, -0.1) is 0 Å². The second kappa shape index (κ2) is 6.25. The molecule has 0 aromatic carbocycles. The van der Waals surface area contributed by atoms with Gasteiger partial charge in [-0.05, 0) is 45.7 Å². The molecule has 1 atom stereocenters. The number of rotatable bonds is 2. The lowest BCUT2D eigenvalue weighted by Gasteiger charge is -2.31. The molecule has 1 aliphatic rings. The molecule has 7 heteroatoms. The van der Waals surface area contributed by atoms with Crippen LogP contribution in [0.1, 0.15) is 40.4 Å². The second-order valence-electron chi connectivity index (χ2n) is 6.98. The maximum atomic E-state index is 13.2. The fourth-order valence-electron chi connectivity index (χ4n) is 3.65. The summed E-state index contributed by atoms with van der Waals surface area (Å²) in [6.45, 7) is 6.85. The quantitative estimate of drug-likeness (QED) is 0.760. The first kappa shape index (κ1) is 16.8. The Balaban J connectivity index is 1.85. The van der Waals surface area contributed by atoms with Gasteiger partial charge in [0.25, 0.3) is 11.6 Å². The summed E-state index contributed by atoms with van der Waals surface area (Å²) in [4.78, 5) is 19.6. The molecule has 1 saturated heterocycles. The summed E-state index contributed by atoms with van der Waals surface area (Å²) in [5.41, 5.74) is 9.13. The second-order valence-corrected chi connectivity index (χ2v) is 6.98. The number of amides is 1. The smallest absolute Gasteiger partial charge is 0.259 e. The number of carbonyl (C=O) groups excluding carboxylic acids is 1. The molecule has 0 saturated carbocycles. The summed E-state index contributed by atoms with van der Waals surface area (Å²) in [5, 5.41) is 4.67. The predicted octanol–water partition coefficient (Wildman–Crippen LogP) is 2.97. The van der Waals surface area contributed by atoms with Gasteiger partial charge in [-0.1, -0.05) is 5.16 Å². The monoisotopic (exact) mass is 354 g/mol. The van der Waals surface area contributed by atoms with Crippen molar-refractivity contribution in [3.8, 4) is 11.3 Å². The van der Waals surface area contributed by atoms with Crippen LogP contribution in [0.15, 0.2) is 21.1 Å². The zero-order chi connectivity index (χ0) is 18.4. The number of carbonyl (C=O) groups is 1. The van der Waals surface area contributed by atoms with Gasteiger partial charge < -0.3 is 19.6 Å². The molecule has 1 fully saturated rings. The van der Waals surface area contributed by atoms with Crippen molar-refractivity contribution in [3.05, 3.63) is 34.9 Å². The Bertz CT molecular complexity index is 988. The van der Waals surface area contributed by atoms with Crippen molar-refractivity contribution < 1.29 is 13.7 Å². The van der Waals surface area contributed by atoms with Gasteiger partial charge >= 0.3 is 0 Å². The predicted molar refractivity (Wildman–Crippen MR) is 96.8 cm³/mol. The summed E-state index contributed by atoms with van der Waals surface area (Å²) >= 11 is 0. The third-order valence-corrected chi connectivity index (χ3v) is 4.91. The van der Waals surface area contributed by atoms with Crippen LogP contribution in [0, 0.1) is 20.8 Å². The lowest BCUT2D eigenvalue weighted by molar-refractivity contribution is 0.0710. The Morgan fingerprint density at radius 1 is 1.31 bits per heavy atom. The van der Waals surface area contributed by atoms with Gasteiger partial charge in [0.1, 0.15) is 11.5 Å². The molecule has 1 unspecified atom stereocenters. The molecule has 0 aliphatic carbocycles. The molecule has 0 radical (unpaired) electrons. The van der Waals surface area contributed by atoms with Crippen LogP contribution in [0.2, 0.25) is 0 Å². The Morgan fingerprint density at radius 3 is 2.81 bits per heavy atom. The molecule has 136 valence electrons. The Labute approximate surface area is 151 Å². The average Bonchev–Trinajstić information content (AvgIpc) is 3.15. The van der Waals surface area contributed by atoms with Crippen molar-refractivity contribution >= 4 is 17.0 Å². The Morgan fingerprint density at radius 2 is 2.12 bits per heavy atom. The molecule has 0 bridgehead atoms. The molecule has 2 N–H and O–H groups in total. The normalized spacial score (nSPS) is 17.8. The molecule has 26 heavy (non-hydrogen) atoms. The van der Waals surface area contributed by atoms with Crippen molar-refractivity contribution in [1.29, 1.82) is 0 Å². The van der Waals surface area contributed by atoms with Gasteiger partial charge in [-0.25, -0.2) is 4.98 Å². The topological polar surface area (TPSA) is 98.4 Å². The van der Waals surface area contributed by atoms with Crippen LogP contribution in [-0.2, 0) is 0 Å². The van der Waals surface area contributed by atoms with E-state index in [9.17, 15) is 4.79 Å². The number of fused-ring (bicyclic) bond motifs is 1. The Kier molecular flexibility index (Phi) is 4.03. The first-order valence-electron chi connectivity index (χ1n) is 8.83. The summed E-state index contributed by atoms with van der Waals surface area (Å²) < 4.78 is 11.0. The van der Waals surface area contributed by atoms with Crippen molar-refractivity contribution in [1.82, 2.24) is 15.0 Å². The number of hydrogen-bond donors (Lipinski definition) is 1. The molecule has 3 aromatic heterocycles. The highest BCUT2D eigenvalue weighted by atomic mass is 16.5. The molecule has 4 heterocycles. The van der Waals surface area contributed by atoms with E-state index in [-0.39, 0.29) is 11.9 Å². The van der Waals surface area contributed by atoms with E-state index in [0.717, 1.165) is 29.9 Å². The van der Waals surface area contributed by atoms with Crippen molar-refractivity contribution in [3.63, 3.8) is 0 Å². The molecule has 1 amide bonds. The van der Waals surface area contributed by atoms with Crippen LogP contribution in [0.5, 0.6) is 0 Å². The van der Waals surface area contributed by atoms with Crippen molar-refractivity contribution in [2.24, 2.45) is 5.73 Å². The molecule has 0 spiro atoms. The van der Waals surface area contributed by atoms with Gasteiger partial charge in [-0.3, -0.25) is 4.79 Å². The minimum absolute atomic E-state index is 0.0202. The lowest BCUT2D eigenvalue weighted by atomic mass is 10.0. The zero-order valence-corrected chi connectivity index (χ0v) is 15.2. The number of aryl methyl sites for hydroxylation is 3. The summed E-state index contributed by atoms with van der Waals surface area (Å²) in [5.74, 6) is 1.49. The van der Waals surface area contributed by atoms with E-state index in [4.69, 9.17) is 14.7 Å². The molecule has 4 rings (SSSR count). The first-order valence-corrected chi connectivity index (χ1v) is 8.83. The third kappa shape index (κ3) is 2.78. The number of nitrogens with zero attached hydrogens (tertiary/aromatic N) is 3. The van der Waals surface area contributed by atoms with E-state index in [1.54, 1.807) is 0 Å². The van der Waals surface area contributed by atoms with Gasteiger partial charge in [0.05, 0.1) is 22.3 Å². The van der Waals surface area contributed by atoms with Crippen LogP contribution < -0.4 is 5.73 Å².